The summed E-state index contributed by atoms with van der Waals surface area (Å²) in [6.45, 7) is 2.07. The molecule has 0 aliphatic heterocycles. The van der Waals surface area contributed by atoms with Crippen molar-refractivity contribution in [2.45, 2.75) is 45.1 Å². The quantitative estimate of drug-likeness (QED) is 0.524. The van der Waals surface area contributed by atoms with Crippen LogP contribution in [0.2, 0.25) is 0 Å². The molecule has 152 valence electrons. The SMILES string of the molecule is COc1ccc(C(C)NCC(=O)C[P+](O)(O)CC2CCCCC2)cc1OC. The zero-order valence-corrected chi connectivity index (χ0v) is 17.5. The zero-order valence-electron chi connectivity index (χ0n) is 16.6. The molecule has 0 heterocycles. The van der Waals surface area contributed by atoms with Gasteiger partial charge in [-0.15, -0.1) is 0 Å². The number of carbonyl (C=O) groups is 1. The smallest absolute Gasteiger partial charge is 0.275 e. The van der Waals surface area contributed by atoms with Gasteiger partial charge >= 0.3 is 0 Å². The Kier molecular flexibility index (Phi) is 8.49. The molecule has 0 radical (unpaired) electrons. The lowest BCUT2D eigenvalue weighted by Crippen LogP contribution is -2.29. The second kappa shape index (κ2) is 10.4. The molecule has 0 aromatic heterocycles. The molecule has 1 aromatic carbocycles. The molecule has 1 saturated carbocycles. The minimum atomic E-state index is -3.15. The van der Waals surface area contributed by atoms with Crippen LogP contribution in [0.25, 0.3) is 0 Å². The fourth-order valence-electron chi connectivity index (χ4n) is 3.69. The first-order valence-electron chi connectivity index (χ1n) is 9.64. The van der Waals surface area contributed by atoms with Crippen LogP contribution >= 0.6 is 7.72 Å². The van der Waals surface area contributed by atoms with E-state index in [1.807, 2.05) is 25.1 Å². The van der Waals surface area contributed by atoms with Gasteiger partial charge in [0.1, 0.15) is 6.16 Å². The van der Waals surface area contributed by atoms with Gasteiger partial charge in [-0.3, -0.25) is 4.79 Å². The van der Waals surface area contributed by atoms with Gasteiger partial charge in [0.25, 0.3) is 7.72 Å². The minimum Gasteiger partial charge on any atom is -0.493 e. The van der Waals surface area contributed by atoms with E-state index in [0.717, 1.165) is 31.2 Å². The maximum atomic E-state index is 12.3. The monoisotopic (exact) mass is 398 g/mol. The Morgan fingerprint density at radius 3 is 2.48 bits per heavy atom. The van der Waals surface area contributed by atoms with Crippen molar-refractivity contribution < 1.29 is 24.1 Å². The summed E-state index contributed by atoms with van der Waals surface area (Å²) in [4.78, 5) is 32.9. The van der Waals surface area contributed by atoms with Gasteiger partial charge < -0.3 is 14.8 Å². The van der Waals surface area contributed by atoms with Crippen LogP contribution in [0.15, 0.2) is 18.2 Å². The fraction of sp³-hybridized carbons (Fsp3) is 0.650. The first-order valence-corrected chi connectivity index (χ1v) is 11.7. The molecule has 0 saturated heterocycles. The zero-order chi connectivity index (χ0) is 19.9. The highest BCUT2D eigenvalue weighted by Gasteiger charge is 2.39. The summed E-state index contributed by atoms with van der Waals surface area (Å²) in [6, 6.07) is 5.55. The van der Waals surface area contributed by atoms with Crippen LogP contribution in [0.1, 0.15) is 50.6 Å². The molecule has 3 N–H and O–H groups in total. The van der Waals surface area contributed by atoms with E-state index in [0.29, 0.717) is 23.6 Å². The number of hydrogen-bond acceptors (Lipinski definition) is 6. The van der Waals surface area contributed by atoms with E-state index in [9.17, 15) is 14.6 Å². The maximum absolute atomic E-state index is 12.3. The van der Waals surface area contributed by atoms with E-state index in [2.05, 4.69) is 5.32 Å². The van der Waals surface area contributed by atoms with Gasteiger partial charge in [-0.2, -0.15) is 0 Å². The van der Waals surface area contributed by atoms with Crippen LogP contribution in [0.4, 0.5) is 0 Å². The first-order chi connectivity index (χ1) is 12.8. The summed E-state index contributed by atoms with van der Waals surface area (Å²) < 4.78 is 10.5. The third-order valence-corrected chi connectivity index (χ3v) is 7.18. The van der Waals surface area contributed by atoms with E-state index in [4.69, 9.17) is 9.47 Å². The average molecular weight is 398 g/mol. The van der Waals surface area contributed by atoms with Crippen molar-refractivity contribution in [3.63, 3.8) is 0 Å². The Labute approximate surface area is 162 Å². The fourth-order valence-corrected chi connectivity index (χ4v) is 5.69. The molecule has 2 rings (SSSR count). The topological polar surface area (TPSA) is 88.0 Å². The number of ketones is 1. The standard InChI is InChI=1S/C20H33NO5P/c1-15(17-9-10-19(25-2)20(11-17)26-3)21-12-18(22)14-27(23,24)13-16-7-5-4-6-8-16/h9-11,15-16,21,23-24H,4-8,12-14H2,1-3H3/q+1. The third-order valence-electron chi connectivity index (χ3n) is 5.22. The number of carbonyl (C=O) groups excluding carboxylic acids is 1. The predicted molar refractivity (Wildman–Crippen MR) is 109 cm³/mol. The molecule has 1 aromatic rings. The molecule has 1 aliphatic rings. The van der Waals surface area contributed by atoms with Crippen LogP contribution in [0.3, 0.4) is 0 Å². The van der Waals surface area contributed by atoms with Crippen LogP contribution in [0, 0.1) is 5.92 Å². The van der Waals surface area contributed by atoms with Gasteiger partial charge in [0.15, 0.2) is 23.4 Å². The van der Waals surface area contributed by atoms with Gasteiger partial charge in [0, 0.05) is 6.04 Å². The van der Waals surface area contributed by atoms with Crippen LogP contribution in [-0.4, -0.2) is 48.7 Å². The van der Waals surface area contributed by atoms with Crippen molar-refractivity contribution in [2.75, 3.05) is 33.1 Å². The molecule has 0 spiro atoms. The Morgan fingerprint density at radius 2 is 1.85 bits per heavy atom. The molecule has 1 aliphatic carbocycles. The summed E-state index contributed by atoms with van der Waals surface area (Å²) in [5.74, 6) is 1.49. The summed E-state index contributed by atoms with van der Waals surface area (Å²) in [5.41, 5.74) is 0.969. The molecule has 27 heavy (non-hydrogen) atoms. The second-order valence-electron chi connectivity index (χ2n) is 7.48. The molecular formula is C20H33NO5P+. The highest BCUT2D eigenvalue weighted by Crippen LogP contribution is 2.53. The number of ether oxygens (including phenoxy) is 2. The Balaban J connectivity index is 1.83. The number of methoxy groups -OCH3 is 2. The highest BCUT2D eigenvalue weighted by atomic mass is 31.2. The largest absolute Gasteiger partial charge is 0.493 e. The van der Waals surface area contributed by atoms with Gasteiger partial charge in [-0.05, 0) is 43.4 Å². The molecule has 7 heteroatoms. The Bertz CT molecular complexity index is 616. The van der Waals surface area contributed by atoms with Gasteiger partial charge in [-0.25, -0.2) is 9.79 Å². The minimum absolute atomic E-state index is 0.0720. The van der Waals surface area contributed by atoms with E-state index >= 15 is 0 Å². The maximum Gasteiger partial charge on any atom is 0.275 e. The lowest BCUT2D eigenvalue weighted by Gasteiger charge is -2.23. The number of rotatable bonds is 10. The average Bonchev–Trinajstić information content (AvgIpc) is 2.65. The van der Waals surface area contributed by atoms with Crippen molar-refractivity contribution in [3.8, 4) is 11.5 Å². The lowest BCUT2D eigenvalue weighted by molar-refractivity contribution is -0.116. The molecular weight excluding hydrogens is 365 g/mol. The molecule has 6 nitrogen and oxygen atoms in total. The number of nitrogens with one attached hydrogen (secondary N) is 1. The van der Waals surface area contributed by atoms with Gasteiger partial charge in [0.05, 0.1) is 20.8 Å². The number of benzene rings is 1. The number of Topliss-reactive ketones (excluding diaryl/α,β-unsaturated/α-hetero) is 1. The summed E-state index contributed by atoms with van der Waals surface area (Å²) in [6.07, 6.45) is 5.90. The van der Waals surface area contributed by atoms with Crippen LogP contribution < -0.4 is 14.8 Å². The molecule has 1 unspecified atom stereocenters. The lowest BCUT2D eigenvalue weighted by atomic mass is 9.91. The summed E-state index contributed by atoms with van der Waals surface area (Å²) in [5, 5.41) is 3.16. The van der Waals surface area contributed by atoms with Gasteiger partial charge in [-0.1, -0.05) is 25.3 Å². The molecule has 1 atom stereocenters. The van der Waals surface area contributed by atoms with Gasteiger partial charge in [0.2, 0.25) is 0 Å². The molecule has 0 bridgehead atoms. The number of hydrogen-bond donors (Lipinski definition) is 3. The second-order valence-corrected chi connectivity index (χ2v) is 9.92. The van der Waals surface area contributed by atoms with Crippen LogP contribution in [-0.2, 0) is 4.79 Å². The van der Waals surface area contributed by atoms with Crippen LogP contribution in [0.5, 0.6) is 11.5 Å². The summed E-state index contributed by atoms with van der Waals surface area (Å²) in [7, 11) is 0.0238. The van der Waals surface area contributed by atoms with E-state index in [1.54, 1.807) is 14.2 Å². The van der Waals surface area contributed by atoms with Crippen molar-refractivity contribution in [1.82, 2.24) is 5.32 Å². The van der Waals surface area contributed by atoms with Crippen molar-refractivity contribution >= 4 is 13.5 Å². The van der Waals surface area contributed by atoms with E-state index < -0.39 is 7.72 Å². The van der Waals surface area contributed by atoms with E-state index in [1.165, 1.54) is 6.42 Å². The Hall–Kier alpha value is -1.20. The normalized spacial score (nSPS) is 16.8. The highest BCUT2D eigenvalue weighted by molar-refractivity contribution is 7.65. The molecule has 1 fully saturated rings. The van der Waals surface area contributed by atoms with Crippen molar-refractivity contribution in [3.05, 3.63) is 23.8 Å². The predicted octanol–water partition coefficient (Wildman–Crippen LogP) is 3.34. The van der Waals surface area contributed by atoms with Crippen molar-refractivity contribution in [1.29, 1.82) is 0 Å². The Morgan fingerprint density at radius 1 is 1.19 bits per heavy atom. The first kappa shape index (κ1) is 22.1. The molecule has 0 amide bonds. The van der Waals surface area contributed by atoms with Crippen molar-refractivity contribution in [2.24, 2.45) is 5.92 Å². The third kappa shape index (κ3) is 7.04. The summed E-state index contributed by atoms with van der Waals surface area (Å²) >= 11 is 0. The van der Waals surface area contributed by atoms with E-state index in [-0.39, 0.29) is 24.5 Å².